The zero-order chi connectivity index (χ0) is 13.8. The number of hydrogen-bond acceptors (Lipinski definition) is 2. The topological polar surface area (TPSA) is 21.2 Å². The average Bonchev–Trinajstić information content (AvgIpc) is 2.41. The van der Waals surface area contributed by atoms with Gasteiger partial charge in [0.2, 0.25) is 0 Å². The van der Waals surface area contributed by atoms with Gasteiger partial charge in [-0.15, -0.1) is 6.58 Å². The van der Waals surface area contributed by atoms with Gasteiger partial charge in [0.1, 0.15) is 0 Å². The maximum Gasteiger partial charge on any atom is 0.257 e. The second kappa shape index (κ2) is 11.8. The minimum Gasteiger partial charge on any atom is -0.335 e. The molecule has 0 saturated carbocycles. The molecule has 0 aliphatic carbocycles. The van der Waals surface area contributed by atoms with Crippen LogP contribution in [0.3, 0.4) is 0 Å². The number of hydrogen-bond donors (Lipinski definition) is 2. The van der Waals surface area contributed by atoms with Gasteiger partial charge < -0.3 is 4.90 Å². The first-order valence-electron chi connectivity index (χ1n) is 7.20. The maximum atomic E-state index is 4.65. The molecule has 106 valence electrons. The predicted octanol–water partition coefficient (Wildman–Crippen LogP) is 0.111. The van der Waals surface area contributed by atoms with Crippen LogP contribution < -0.4 is 9.80 Å². The minimum absolute atomic E-state index is 0.740. The van der Waals surface area contributed by atoms with Gasteiger partial charge in [-0.05, 0) is 39.5 Å². The molecule has 0 bridgehead atoms. The molecule has 0 amide bonds. The Balaban J connectivity index is 4.28. The molecule has 2 N–H and O–H groups in total. The lowest BCUT2D eigenvalue weighted by Crippen LogP contribution is -3.14. The molecule has 0 aromatic rings. The van der Waals surface area contributed by atoms with Gasteiger partial charge >= 0.3 is 0 Å². The minimum atomic E-state index is 0.740. The molecule has 0 aromatic heterocycles. The fourth-order valence-electron chi connectivity index (χ4n) is 1.86. The van der Waals surface area contributed by atoms with Crippen molar-refractivity contribution in [2.45, 2.75) is 27.7 Å². The smallest absolute Gasteiger partial charge is 0.257 e. The van der Waals surface area contributed by atoms with Crippen molar-refractivity contribution in [2.75, 3.05) is 45.0 Å². The summed E-state index contributed by atoms with van der Waals surface area (Å²) in [5.41, 5.74) is 0. The molecule has 0 aliphatic rings. The van der Waals surface area contributed by atoms with Crippen LogP contribution in [0, 0.1) is 0 Å². The van der Waals surface area contributed by atoms with E-state index in [0.29, 0.717) is 0 Å². The number of quaternary nitrogens is 2. The highest BCUT2D eigenvalue weighted by molar-refractivity contribution is 8.13. The first-order chi connectivity index (χ1) is 8.73. The summed E-state index contributed by atoms with van der Waals surface area (Å²) in [6.45, 7) is 19.3. The molecular formula is C14H31N3S+2. The Morgan fingerprint density at radius 3 is 2.17 bits per heavy atom. The SMILES string of the molecule is C=CCN=C(SCC[NH+](CC)CC)[NH+](CC)CC. The van der Waals surface area contributed by atoms with Crippen LogP contribution in [0.25, 0.3) is 0 Å². The molecule has 0 aliphatic heterocycles. The van der Waals surface area contributed by atoms with Gasteiger partial charge in [0.15, 0.2) is 0 Å². The van der Waals surface area contributed by atoms with Gasteiger partial charge in [0, 0.05) is 0 Å². The molecule has 3 nitrogen and oxygen atoms in total. The summed E-state index contributed by atoms with van der Waals surface area (Å²) in [4.78, 5) is 7.80. The summed E-state index contributed by atoms with van der Waals surface area (Å²) in [7, 11) is 0. The Bertz CT molecular complexity index is 233. The quantitative estimate of drug-likeness (QED) is 0.347. The number of amidine groups is 1. The van der Waals surface area contributed by atoms with Crippen LogP contribution in [-0.4, -0.2) is 50.2 Å². The summed E-state index contributed by atoms with van der Waals surface area (Å²) in [6, 6.07) is 0. The molecular weight excluding hydrogens is 242 g/mol. The number of nitrogens with zero attached hydrogens (tertiary/aromatic N) is 1. The van der Waals surface area contributed by atoms with Crippen LogP contribution in [-0.2, 0) is 0 Å². The normalized spacial score (nSPS) is 12.4. The van der Waals surface area contributed by atoms with Gasteiger partial charge in [-0.25, -0.2) is 4.99 Å². The lowest BCUT2D eigenvalue weighted by Gasteiger charge is -2.18. The molecule has 0 saturated heterocycles. The van der Waals surface area contributed by atoms with Crippen molar-refractivity contribution in [3.8, 4) is 0 Å². The van der Waals surface area contributed by atoms with Crippen LogP contribution >= 0.6 is 11.8 Å². The fourth-order valence-corrected chi connectivity index (χ4v) is 3.10. The van der Waals surface area contributed by atoms with Crippen LogP contribution in [0.15, 0.2) is 17.6 Å². The molecule has 18 heavy (non-hydrogen) atoms. The summed E-state index contributed by atoms with van der Waals surface area (Å²) >= 11 is 1.92. The number of nitrogens with one attached hydrogen (secondary N) is 2. The van der Waals surface area contributed by atoms with Crippen molar-refractivity contribution in [1.82, 2.24) is 0 Å². The third kappa shape index (κ3) is 7.19. The highest BCUT2D eigenvalue weighted by Gasteiger charge is 2.14. The van der Waals surface area contributed by atoms with E-state index >= 15 is 0 Å². The van der Waals surface area contributed by atoms with E-state index in [4.69, 9.17) is 0 Å². The molecule has 0 aromatic carbocycles. The van der Waals surface area contributed by atoms with Crippen molar-refractivity contribution < 1.29 is 9.80 Å². The molecule has 0 spiro atoms. The van der Waals surface area contributed by atoms with Crippen molar-refractivity contribution in [1.29, 1.82) is 0 Å². The zero-order valence-electron chi connectivity index (χ0n) is 12.6. The Kier molecular flexibility index (Phi) is 11.5. The highest BCUT2D eigenvalue weighted by Crippen LogP contribution is 1.97. The lowest BCUT2D eigenvalue weighted by molar-refractivity contribution is -0.893. The van der Waals surface area contributed by atoms with E-state index < -0.39 is 0 Å². The molecule has 0 radical (unpaired) electrons. The Morgan fingerprint density at radius 1 is 1.11 bits per heavy atom. The van der Waals surface area contributed by atoms with Gasteiger partial charge in [0.05, 0.1) is 45.0 Å². The predicted molar refractivity (Wildman–Crippen MR) is 83.9 cm³/mol. The molecule has 0 fully saturated rings. The van der Waals surface area contributed by atoms with Crippen molar-refractivity contribution in [3.05, 3.63) is 12.7 Å². The van der Waals surface area contributed by atoms with E-state index in [1.807, 2.05) is 17.8 Å². The first-order valence-corrected chi connectivity index (χ1v) is 8.18. The van der Waals surface area contributed by atoms with Gasteiger partial charge in [-0.2, -0.15) is 0 Å². The van der Waals surface area contributed by atoms with Gasteiger partial charge in [0.25, 0.3) is 5.17 Å². The molecule has 0 rings (SSSR count). The number of aliphatic imine (C=N–C) groups is 1. The highest BCUT2D eigenvalue weighted by atomic mass is 32.2. The second-order valence-electron chi connectivity index (χ2n) is 4.30. The molecule has 0 atom stereocenters. The first kappa shape index (κ1) is 17.7. The van der Waals surface area contributed by atoms with Crippen LogP contribution in [0.2, 0.25) is 0 Å². The maximum absolute atomic E-state index is 4.65. The van der Waals surface area contributed by atoms with Crippen molar-refractivity contribution in [2.24, 2.45) is 4.99 Å². The van der Waals surface area contributed by atoms with E-state index in [-0.39, 0.29) is 0 Å². The van der Waals surface area contributed by atoms with Gasteiger partial charge in [-0.1, -0.05) is 6.08 Å². The zero-order valence-corrected chi connectivity index (χ0v) is 13.4. The van der Waals surface area contributed by atoms with Gasteiger partial charge in [-0.3, -0.25) is 4.90 Å². The second-order valence-corrected chi connectivity index (χ2v) is 5.38. The summed E-state index contributed by atoms with van der Waals surface area (Å²) in [5, 5.41) is 1.26. The van der Waals surface area contributed by atoms with Crippen molar-refractivity contribution >= 4 is 16.9 Å². The average molecular weight is 273 g/mol. The van der Waals surface area contributed by atoms with E-state index in [1.165, 1.54) is 29.7 Å². The van der Waals surface area contributed by atoms with E-state index in [1.54, 1.807) is 4.90 Å². The van der Waals surface area contributed by atoms with Crippen LogP contribution in [0.5, 0.6) is 0 Å². The van der Waals surface area contributed by atoms with E-state index in [2.05, 4.69) is 39.3 Å². The number of thioether (sulfide) groups is 1. The lowest BCUT2D eigenvalue weighted by atomic mass is 10.5. The standard InChI is InChI=1S/C14H29N3S/c1-6-11-15-14(17(9-4)10-5)18-13-12-16(7-2)8-3/h6H,1,7-13H2,2-5H3/p+2. The summed E-state index contributed by atoms with van der Waals surface area (Å²) in [5.74, 6) is 1.16. The number of rotatable bonds is 9. The largest absolute Gasteiger partial charge is 0.335 e. The molecule has 4 heteroatoms. The fraction of sp³-hybridized carbons (Fsp3) is 0.786. The van der Waals surface area contributed by atoms with E-state index in [9.17, 15) is 0 Å². The van der Waals surface area contributed by atoms with Crippen molar-refractivity contribution in [3.63, 3.8) is 0 Å². The third-order valence-electron chi connectivity index (χ3n) is 3.21. The van der Waals surface area contributed by atoms with E-state index in [0.717, 1.165) is 25.4 Å². The Morgan fingerprint density at radius 2 is 1.72 bits per heavy atom. The third-order valence-corrected chi connectivity index (χ3v) is 4.31. The summed E-state index contributed by atoms with van der Waals surface area (Å²) < 4.78 is 0. The summed E-state index contributed by atoms with van der Waals surface area (Å²) in [6.07, 6.45) is 1.87. The van der Waals surface area contributed by atoms with Crippen LogP contribution in [0.4, 0.5) is 0 Å². The molecule has 0 unspecified atom stereocenters. The Hall–Kier alpha value is -0.320. The monoisotopic (exact) mass is 273 g/mol. The molecule has 0 heterocycles. The van der Waals surface area contributed by atoms with Crippen LogP contribution in [0.1, 0.15) is 27.7 Å². The Labute approximate surface area is 117 Å².